The standard InChI is InChI=1S/C35H68O5.C5H14NO4P/c1-3-5-7-9-11-13-15-17-19-21-23-25-27-29-32(37)35(40,34(39)31-36)33(38)30-28-26-24-22-20-18-16-14-12-10-8-6-4-2;1-6(2,3)4-5-10-11(7,8)9/h34,36,39-40H,3-31H2,1-2H3;4-5H2,1-3H3,(H-,7,8,9)/p+1. The van der Waals surface area contributed by atoms with Crippen LogP contribution >= 0.6 is 7.82 Å². The van der Waals surface area contributed by atoms with Crippen molar-refractivity contribution >= 4 is 19.4 Å². The fourth-order valence-corrected chi connectivity index (χ4v) is 6.40. The topological polar surface area (TPSA) is 162 Å². The first kappa shape index (κ1) is 52.4. The van der Waals surface area contributed by atoms with Crippen molar-refractivity contribution in [2.45, 2.75) is 205 Å². The summed E-state index contributed by atoms with van der Waals surface area (Å²) in [6.45, 7) is 4.34. The molecule has 1 atom stereocenters. The van der Waals surface area contributed by atoms with E-state index < -0.39 is 37.7 Å². The molecule has 0 aromatic heterocycles. The number of carbonyl (C=O) groups is 2. The molecule has 5 N–H and O–H groups in total. The van der Waals surface area contributed by atoms with E-state index in [0.717, 1.165) is 38.5 Å². The highest BCUT2D eigenvalue weighted by molar-refractivity contribution is 7.46. The fraction of sp³-hybridized carbons (Fsp3) is 0.950. The first-order chi connectivity index (χ1) is 24.2. The summed E-state index contributed by atoms with van der Waals surface area (Å²) in [5.74, 6) is -1.28. The quantitative estimate of drug-likeness (QED) is 0.0182. The Morgan fingerprint density at radius 3 is 1.10 bits per heavy atom. The summed E-state index contributed by atoms with van der Waals surface area (Å²) in [5.41, 5.74) is -2.47. The molecule has 0 rings (SSSR count). The SMILES string of the molecule is CCCCCCCCCCCCCCCC(=O)C(O)(C(=O)CCCCCCCCCCCCCCC)C(O)CO.C[N+](C)(C)CCOP(=O)(O)O. The molecule has 0 amide bonds. The number of hydrogen-bond acceptors (Lipinski definition) is 7. The molecule has 0 aromatic rings. The predicted octanol–water partition coefficient (Wildman–Crippen LogP) is 8.97. The highest BCUT2D eigenvalue weighted by Gasteiger charge is 2.48. The molecule has 1 unspecified atom stereocenters. The number of rotatable bonds is 36. The molecule has 306 valence electrons. The molecule has 0 aromatic carbocycles. The number of quaternary nitrogens is 1. The summed E-state index contributed by atoms with van der Waals surface area (Å²) in [7, 11) is 1.50. The summed E-state index contributed by atoms with van der Waals surface area (Å²) in [6, 6.07) is 0. The molecule has 0 fully saturated rings. The number of unbranched alkanes of at least 4 members (excludes halogenated alkanes) is 24. The summed E-state index contributed by atoms with van der Waals surface area (Å²) in [5, 5.41) is 30.5. The molecule has 0 bridgehead atoms. The molecule has 0 spiro atoms. The molecule has 0 aliphatic carbocycles. The van der Waals surface area contributed by atoms with Crippen LogP contribution in [0.5, 0.6) is 0 Å². The third-order valence-electron chi connectivity index (χ3n) is 9.54. The molecule has 0 aliphatic rings. The van der Waals surface area contributed by atoms with Crippen molar-refractivity contribution in [2.75, 3.05) is 40.9 Å². The van der Waals surface area contributed by atoms with Crippen LogP contribution in [0.3, 0.4) is 0 Å². The number of ketones is 2. The van der Waals surface area contributed by atoms with Gasteiger partial charge < -0.3 is 29.6 Å². The predicted molar refractivity (Wildman–Crippen MR) is 210 cm³/mol. The van der Waals surface area contributed by atoms with Crippen LogP contribution in [0, 0.1) is 0 Å². The zero-order valence-electron chi connectivity index (χ0n) is 33.8. The van der Waals surface area contributed by atoms with Crippen LogP contribution in [0.1, 0.15) is 194 Å². The van der Waals surface area contributed by atoms with Crippen molar-refractivity contribution < 1.29 is 48.3 Å². The van der Waals surface area contributed by atoms with Crippen molar-refractivity contribution in [1.29, 1.82) is 0 Å². The average Bonchev–Trinajstić information content (AvgIpc) is 3.06. The molecule has 0 saturated carbocycles. The highest BCUT2D eigenvalue weighted by atomic mass is 31.2. The molecule has 0 radical (unpaired) electrons. The van der Waals surface area contributed by atoms with E-state index in [1.54, 1.807) is 0 Å². The molecule has 11 heteroatoms. The largest absolute Gasteiger partial charge is 0.469 e. The number of nitrogens with zero attached hydrogens (tertiary/aromatic N) is 1. The van der Waals surface area contributed by atoms with Crippen LogP contribution in [-0.2, 0) is 18.7 Å². The Kier molecular flexibility index (Phi) is 34.8. The van der Waals surface area contributed by atoms with Gasteiger partial charge in [0, 0.05) is 12.8 Å². The number of phosphoric acid groups is 1. The zero-order valence-corrected chi connectivity index (χ0v) is 34.7. The fourth-order valence-electron chi connectivity index (χ4n) is 6.08. The molecule has 51 heavy (non-hydrogen) atoms. The van der Waals surface area contributed by atoms with E-state index in [9.17, 15) is 29.5 Å². The van der Waals surface area contributed by atoms with Crippen LogP contribution in [-0.4, -0.2) is 93.8 Å². The summed E-state index contributed by atoms with van der Waals surface area (Å²) in [4.78, 5) is 42.2. The van der Waals surface area contributed by atoms with E-state index in [-0.39, 0.29) is 19.4 Å². The average molecular weight is 753 g/mol. The van der Waals surface area contributed by atoms with Crippen molar-refractivity contribution in [3.63, 3.8) is 0 Å². The van der Waals surface area contributed by atoms with Gasteiger partial charge in [0.1, 0.15) is 19.3 Å². The molecule has 0 saturated heterocycles. The van der Waals surface area contributed by atoms with Crippen LogP contribution in [0.2, 0.25) is 0 Å². The van der Waals surface area contributed by atoms with Gasteiger partial charge in [-0.1, -0.05) is 168 Å². The second-order valence-electron chi connectivity index (χ2n) is 15.6. The molecule has 0 heterocycles. The minimum atomic E-state index is -4.26. The van der Waals surface area contributed by atoms with Crippen LogP contribution < -0.4 is 0 Å². The van der Waals surface area contributed by atoms with Gasteiger partial charge in [0.2, 0.25) is 5.60 Å². The minimum Gasteiger partial charge on any atom is -0.394 e. The van der Waals surface area contributed by atoms with Crippen LogP contribution in [0.25, 0.3) is 0 Å². The third kappa shape index (κ3) is 33.6. The van der Waals surface area contributed by atoms with E-state index in [2.05, 4.69) is 18.4 Å². The van der Waals surface area contributed by atoms with Gasteiger partial charge in [-0.05, 0) is 12.8 Å². The van der Waals surface area contributed by atoms with Gasteiger partial charge in [0.15, 0.2) is 11.6 Å². The van der Waals surface area contributed by atoms with Crippen molar-refractivity contribution in [3.8, 4) is 0 Å². The van der Waals surface area contributed by atoms with Gasteiger partial charge in [0.05, 0.1) is 27.7 Å². The Labute approximate surface area is 313 Å². The van der Waals surface area contributed by atoms with E-state index in [1.807, 2.05) is 21.1 Å². The first-order valence-electron chi connectivity index (χ1n) is 20.7. The van der Waals surface area contributed by atoms with Gasteiger partial charge in [-0.15, -0.1) is 0 Å². The van der Waals surface area contributed by atoms with Gasteiger partial charge in [0.25, 0.3) is 0 Å². The Balaban J connectivity index is 0. The summed E-state index contributed by atoms with van der Waals surface area (Å²) in [6.07, 6.45) is 29.4. The van der Waals surface area contributed by atoms with E-state index in [1.165, 1.54) is 116 Å². The number of hydrogen-bond donors (Lipinski definition) is 5. The maximum Gasteiger partial charge on any atom is 0.469 e. The third-order valence-corrected chi connectivity index (χ3v) is 10.1. The lowest BCUT2D eigenvalue weighted by Gasteiger charge is -2.29. The first-order valence-corrected chi connectivity index (χ1v) is 22.3. The van der Waals surface area contributed by atoms with Crippen LogP contribution in [0.4, 0.5) is 0 Å². The smallest absolute Gasteiger partial charge is 0.394 e. The maximum atomic E-state index is 12.8. The lowest BCUT2D eigenvalue weighted by molar-refractivity contribution is -0.870. The number of carbonyl (C=O) groups excluding carboxylic acids is 2. The zero-order chi connectivity index (χ0) is 38.9. The van der Waals surface area contributed by atoms with E-state index in [4.69, 9.17) is 9.79 Å². The number of aliphatic hydroxyl groups is 3. The van der Waals surface area contributed by atoms with E-state index >= 15 is 0 Å². The lowest BCUT2D eigenvalue weighted by atomic mass is 9.82. The van der Waals surface area contributed by atoms with Gasteiger partial charge in [-0.2, -0.15) is 0 Å². The number of likely N-dealkylation sites (N-methyl/N-ethyl adjacent to an activating group) is 1. The monoisotopic (exact) mass is 753 g/mol. The lowest BCUT2D eigenvalue weighted by Crippen LogP contribution is -2.57. The van der Waals surface area contributed by atoms with Crippen molar-refractivity contribution in [1.82, 2.24) is 0 Å². The van der Waals surface area contributed by atoms with Crippen molar-refractivity contribution in [3.05, 3.63) is 0 Å². The Morgan fingerprint density at radius 2 is 0.863 bits per heavy atom. The number of aliphatic hydroxyl groups excluding tert-OH is 2. The molecular weight excluding hydrogens is 669 g/mol. The highest BCUT2D eigenvalue weighted by Crippen LogP contribution is 2.35. The molecule has 0 aliphatic heterocycles. The van der Waals surface area contributed by atoms with E-state index in [0.29, 0.717) is 23.9 Å². The summed E-state index contributed by atoms with van der Waals surface area (Å²) < 4.78 is 15.1. The second kappa shape index (κ2) is 33.8. The normalized spacial score (nSPS) is 12.8. The van der Waals surface area contributed by atoms with Gasteiger partial charge >= 0.3 is 7.82 Å². The number of Topliss-reactive ketones (excluding diaryl/α,β-unsaturated/α-hetero) is 2. The molecular formula is C40H83NO9P+. The summed E-state index contributed by atoms with van der Waals surface area (Å²) >= 11 is 0. The maximum absolute atomic E-state index is 12.8. The second-order valence-corrected chi connectivity index (χ2v) is 16.9. The Bertz CT molecular complexity index is 817. The van der Waals surface area contributed by atoms with Crippen LogP contribution in [0.15, 0.2) is 0 Å². The van der Waals surface area contributed by atoms with Gasteiger partial charge in [-0.25, -0.2) is 4.57 Å². The van der Waals surface area contributed by atoms with Crippen molar-refractivity contribution in [2.24, 2.45) is 0 Å². The minimum absolute atomic E-state index is 0.0651. The Morgan fingerprint density at radius 1 is 0.588 bits per heavy atom. The molecule has 10 nitrogen and oxygen atoms in total. The Hall–Kier alpha value is -0.710. The van der Waals surface area contributed by atoms with Gasteiger partial charge in [-0.3, -0.25) is 14.1 Å². The number of phosphoric ester groups is 1.